The molecule has 0 spiro atoms. The molecule has 0 aliphatic heterocycles. The van der Waals surface area contributed by atoms with Gasteiger partial charge in [-0.1, -0.05) is 0 Å². The fourth-order valence-electron chi connectivity index (χ4n) is 1.39. The van der Waals surface area contributed by atoms with Gasteiger partial charge in [-0.05, 0) is 19.1 Å². The van der Waals surface area contributed by atoms with Crippen molar-refractivity contribution < 1.29 is 32.2 Å². The van der Waals surface area contributed by atoms with Gasteiger partial charge >= 0.3 is 12.3 Å². The summed E-state index contributed by atoms with van der Waals surface area (Å²) >= 11 is 0. The summed E-state index contributed by atoms with van der Waals surface area (Å²) in [5, 5.41) is 8.87. The number of nitrogens with zero attached hydrogens (tertiary/aromatic N) is 1. The maximum absolute atomic E-state index is 12.3. The van der Waals surface area contributed by atoms with E-state index in [0.29, 0.717) is 0 Å². The zero-order valence-electron chi connectivity index (χ0n) is 10.6. The number of nitriles is 1. The lowest BCUT2D eigenvalue weighted by Gasteiger charge is -2.14. The molecule has 1 rings (SSSR count). The van der Waals surface area contributed by atoms with Gasteiger partial charge in [-0.15, -0.1) is 13.2 Å². The van der Waals surface area contributed by atoms with E-state index in [1.165, 1.54) is 6.07 Å². The van der Waals surface area contributed by atoms with Gasteiger partial charge in [0.2, 0.25) is 0 Å². The van der Waals surface area contributed by atoms with Gasteiger partial charge in [0.1, 0.15) is 6.07 Å². The molecule has 108 valence electrons. The fraction of sp³-hybridized carbons (Fsp3) is 0.333. The Labute approximate surface area is 112 Å². The van der Waals surface area contributed by atoms with E-state index in [4.69, 9.17) is 14.7 Å². The van der Waals surface area contributed by atoms with E-state index in [1.807, 2.05) is 0 Å². The molecule has 1 aromatic rings. The Morgan fingerprint density at radius 3 is 2.50 bits per heavy atom. The molecule has 0 unspecified atom stereocenters. The fourth-order valence-corrected chi connectivity index (χ4v) is 1.39. The molecule has 0 N–H and O–H groups in total. The lowest BCUT2D eigenvalue weighted by Crippen LogP contribution is -2.19. The van der Waals surface area contributed by atoms with Gasteiger partial charge in [0.15, 0.2) is 11.5 Å². The molecule has 0 bridgehead atoms. The molecule has 0 atom stereocenters. The van der Waals surface area contributed by atoms with Crippen molar-refractivity contribution in [1.82, 2.24) is 0 Å². The molecule has 0 aromatic heterocycles. The summed E-state index contributed by atoms with van der Waals surface area (Å²) in [6.07, 6.45) is -4.98. The molecule has 0 heterocycles. The summed E-state index contributed by atoms with van der Waals surface area (Å²) in [7, 11) is 1.09. The molecule has 0 aliphatic rings. The van der Waals surface area contributed by atoms with Crippen molar-refractivity contribution >= 4 is 5.97 Å². The number of rotatable bonds is 4. The van der Waals surface area contributed by atoms with Gasteiger partial charge in [0, 0.05) is 0 Å². The van der Waals surface area contributed by atoms with Gasteiger partial charge < -0.3 is 14.2 Å². The van der Waals surface area contributed by atoms with Crippen LogP contribution >= 0.6 is 0 Å². The largest absolute Gasteiger partial charge is 0.573 e. The van der Waals surface area contributed by atoms with Crippen molar-refractivity contribution in [2.24, 2.45) is 0 Å². The lowest BCUT2D eigenvalue weighted by molar-refractivity contribution is -0.275. The first-order valence-electron chi connectivity index (χ1n) is 5.37. The highest BCUT2D eigenvalue weighted by Crippen LogP contribution is 2.36. The minimum absolute atomic E-state index is 0.0871. The second-order valence-electron chi connectivity index (χ2n) is 3.44. The van der Waals surface area contributed by atoms with Crippen LogP contribution in [0.15, 0.2) is 12.1 Å². The van der Waals surface area contributed by atoms with Crippen LogP contribution in [0.3, 0.4) is 0 Å². The topological polar surface area (TPSA) is 68.6 Å². The van der Waals surface area contributed by atoms with Crippen molar-refractivity contribution in [3.8, 4) is 17.6 Å². The number of esters is 1. The summed E-state index contributed by atoms with van der Waals surface area (Å²) < 4.78 is 50.0. The Balaban J connectivity index is 3.33. The number of ether oxygens (including phenoxy) is 3. The highest BCUT2D eigenvalue weighted by atomic mass is 19.4. The highest BCUT2D eigenvalue weighted by Gasteiger charge is 2.34. The van der Waals surface area contributed by atoms with Crippen LogP contribution in [0.25, 0.3) is 0 Å². The summed E-state index contributed by atoms with van der Waals surface area (Å²) in [5.41, 5.74) is -0.584. The van der Waals surface area contributed by atoms with Crippen LogP contribution in [-0.4, -0.2) is 26.0 Å². The van der Waals surface area contributed by atoms with Gasteiger partial charge in [0.05, 0.1) is 24.8 Å². The average molecular weight is 289 g/mol. The van der Waals surface area contributed by atoms with E-state index in [-0.39, 0.29) is 17.9 Å². The molecule has 0 saturated carbocycles. The van der Waals surface area contributed by atoms with Gasteiger partial charge in [0.25, 0.3) is 0 Å². The van der Waals surface area contributed by atoms with Crippen molar-refractivity contribution in [2.75, 3.05) is 13.7 Å². The molecule has 0 fully saturated rings. The number of benzene rings is 1. The second kappa shape index (κ2) is 6.14. The Morgan fingerprint density at radius 1 is 1.40 bits per heavy atom. The quantitative estimate of drug-likeness (QED) is 0.797. The molecule has 0 radical (unpaired) electrons. The van der Waals surface area contributed by atoms with Crippen LogP contribution < -0.4 is 9.47 Å². The highest BCUT2D eigenvalue weighted by molar-refractivity contribution is 5.91. The first-order chi connectivity index (χ1) is 9.32. The molecule has 8 heteroatoms. The molecule has 5 nitrogen and oxygen atoms in total. The Bertz CT molecular complexity index is 549. The third-order valence-corrected chi connectivity index (χ3v) is 2.12. The zero-order chi connectivity index (χ0) is 15.3. The number of carbonyl (C=O) groups excluding carboxylic acids is 1. The molecular formula is C12H10F3NO4. The standard InChI is InChI=1S/C12H10F3NO4/c1-3-19-11(17)7-4-8(6-16)10(9(5-7)18-2)20-12(13,14)15/h4-5H,3H2,1-2H3. The number of hydrogen-bond donors (Lipinski definition) is 0. The monoisotopic (exact) mass is 289 g/mol. The molecule has 0 amide bonds. The first-order valence-corrected chi connectivity index (χ1v) is 5.37. The second-order valence-corrected chi connectivity index (χ2v) is 3.44. The SMILES string of the molecule is CCOC(=O)c1cc(C#N)c(OC(F)(F)F)c(OC)c1. The van der Waals surface area contributed by atoms with E-state index in [0.717, 1.165) is 19.2 Å². The van der Waals surface area contributed by atoms with Crippen molar-refractivity contribution in [2.45, 2.75) is 13.3 Å². The van der Waals surface area contributed by atoms with Crippen LogP contribution in [0.4, 0.5) is 13.2 Å². The zero-order valence-corrected chi connectivity index (χ0v) is 10.6. The maximum Gasteiger partial charge on any atom is 0.573 e. The minimum atomic E-state index is -4.98. The molecule has 20 heavy (non-hydrogen) atoms. The number of carbonyl (C=O) groups is 1. The lowest BCUT2D eigenvalue weighted by atomic mass is 10.1. The Hall–Kier alpha value is -2.43. The summed E-state index contributed by atoms with van der Waals surface area (Å²) in [6, 6.07) is 3.48. The van der Waals surface area contributed by atoms with Crippen LogP contribution in [0.2, 0.25) is 0 Å². The number of halogens is 3. The Kier molecular flexibility index (Phi) is 4.80. The van der Waals surface area contributed by atoms with Crippen LogP contribution in [-0.2, 0) is 4.74 Å². The molecule has 0 aliphatic carbocycles. The van der Waals surface area contributed by atoms with Crippen LogP contribution in [0.5, 0.6) is 11.5 Å². The van der Waals surface area contributed by atoms with Gasteiger partial charge in [-0.25, -0.2) is 4.79 Å². The normalized spacial score (nSPS) is 10.6. The predicted octanol–water partition coefficient (Wildman–Crippen LogP) is 2.64. The van der Waals surface area contributed by atoms with Gasteiger partial charge in [-0.2, -0.15) is 5.26 Å². The molecule has 1 aromatic carbocycles. The summed E-state index contributed by atoms with van der Waals surface area (Å²) in [6.45, 7) is 1.66. The smallest absolute Gasteiger partial charge is 0.493 e. The summed E-state index contributed by atoms with van der Waals surface area (Å²) in [4.78, 5) is 11.5. The van der Waals surface area contributed by atoms with E-state index in [1.54, 1.807) is 6.92 Å². The number of hydrogen-bond acceptors (Lipinski definition) is 5. The maximum atomic E-state index is 12.3. The first kappa shape index (κ1) is 15.6. The van der Waals surface area contributed by atoms with Crippen LogP contribution in [0, 0.1) is 11.3 Å². The van der Waals surface area contributed by atoms with Crippen molar-refractivity contribution in [1.29, 1.82) is 5.26 Å². The number of methoxy groups -OCH3 is 1. The van der Waals surface area contributed by atoms with E-state index in [2.05, 4.69) is 4.74 Å². The molecular weight excluding hydrogens is 279 g/mol. The Morgan fingerprint density at radius 2 is 2.05 bits per heavy atom. The third kappa shape index (κ3) is 3.78. The number of alkyl halides is 3. The molecule has 0 saturated heterocycles. The third-order valence-electron chi connectivity index (χ3n) is 2.12. The van der Waals surface area contributed by atoms with E-state index in [9.17, 15) is 18.0 Å². The van der Waals surface area contributed by atoms with Crippen LogP contribution in [0.1, 0.15) is 22.8 Å². The van der Waals surface area contributed by atoms with Gasteiger partial charge in [-0.3, -0.25) is 0 Å². The van der Waals surface area contributed by atoms with Crippen molar-refractivity contribution in [3.63, 3.8) is 0 Å². The summed E-state index contributed by atoms with van der Waals surface area (Å²) in [5.74, 6) is -1.96. The predicted molar refractivity (Wildman–Crippen MR) is 60.3 cm³/mol. The average Bonchev–Trinajstić information content (AvgIpc) is 2.37. The van der Waals surface area contributed by atoms with E-state index >= 15 is 0 Å². The van der Waals surface area contributed by atoms with Crippen molar-refractivity contribution in [3.05, 3.63) is 23.3 Å². The minimum Gasteiger partial charge on any atom is -0.493 e. The van der Waals surface area contributed by atoms with E-state index < -0.39 is 23.6 Å².